The van der Waals surface area contributed by atoms with Crippen LogP contribution in [0.25, 0.3) is 0 Å². The second-order valence-electron chi connectivity index (χ2n) is 6.21. The molecule has 0 saturated heterocycles. The van der Waals surface area contributed by atoms with E-state index >= 15 is 0 Å². The summed E-state index contributed by atoms with van der Waals surface area (Å²) < 4.78 is 0. The van der Waals surface area contributed by atoms with Crippen LogP contribution in [0.2, 0.25) is 0 Å². The van der Waals surface area contributed by atoms with Crippen molar-refractivity contribution < 1.29 is 14.7 Å². The van der Waals surface area contributed by atoms with Gasteiger partial charge in [0.1, 0.15) is 0 Å². The summed E-state index contributed by atoms with van der Waals surface area (Å²) in [5.41, 5.74) is 3.65. The van der Waals surface area contributed by atoms with Crippen LogP contribution in [-0.4, -0.2) is 23.3 Å². The lowest BCUT2D eigenvalue weighted by atomic mass is 9.99. The van der Waals surface area contributed by atoms with Gasteiger partial charge in [-0.2, -0.15) is 0 Å². The molecule has 3 heteroatoms. The molecule has 0 fully saturated rings. The molecular formula is C20H30O3. The SMILES string of the molecule is C=C(CC(=O)C=C(C)C)C(=O)CC/C(C)=C/CC/C(C)=C/CO. The molecule has 0 rings (SSSR count). The molecule has 0 saturated carbocycles. The van der Waals surface area contributed by atoms with Crippen molar-refractivity contribution in [1.82, 2.24) is 0 Å². The third kappa shape index (κ3) is 11.5. The summed E-state index contributed by atoms with van der Waals surface area (Å²) in [4.78, 5) is 23.6. The van der Waals surface area contributed by atoms with E-state index < -0.39 is 0 Å². The molecule has 3 nitrogen and oxygen atoms in total. The summed E-state index contributed by atoms with van der Waals surface area (Å²) in [7, 11) is 0. The molecule has 0 unspecified atom stereocenters. The molecule has 0 radical (unpaired) electrons. The zero-order chi connectivity index (χ0) is 17.8. The molecule has 0 spiro atoms. The molecule has 0 heterocycles. The Morgan fingerprint density at radius 3 is 2.13 bits per heavy atom. The average Bonchev–Trinajstić information content (AvgIpc) is 2.43. The van der Waals surface area contributed by atoms with Gasteiger partial charge in [0.05, 0.1) is 6.61 Å². The van der Waals surface area contributed by atoms with Gasteiger partial charge in [-0.1, -0.05) is 35.5 Å². The van der Waals surface area contributed by atoms with Gasteiger partial charge in [0.2, 0.25) is 0 Å². The zero-order valence-corrected chi connectivity index (χ0v) is 14.9. The van der Waals surface area contributed by atoms with Gasteiger partial charge < -0.3 is 5.11 Å². The first kappa shape index (κ1) is 21.3. The Morgan fingerprint density at radius 2 is 1.57 bits per heavy atom. The molecule has 0 aliphatic carbocycles. The van der Waals surface area contributed by atoms with Crippen LogP contribution in [0.3, 0.4) is 0 Å². The minimum Gasteiger partial charge on any atom is -0.392 e. The van der Waals surface area contributed by atoms with Crippen LogP contribution < -0.4 is 0 Å². The fourth-order valence-electron chi connectivity index (χ4n) is 2.08. The smallest absolute Gasteiger partial charge is 0.160 e. The van der Waals surface area contributed by atoms with Crippen LogP contribution >= 0.6 is 0 Å². The molecule has 128 valence electrons. The Morgan fingerprint density at radius 1 is 0.957 bits per heavy atom. The summed E-state index contributed by atoms with van der Waals surface area (Å²) in [6, 6.07) is 0. The first-order chi connectivity index (χ1) is 10.8. The van der Waals surface area contributed by atoms with E-state index in [1.165, 1.54) is 11.1 Å². The van der Waals surface area contributed by atoms with E-state index in [4.69, 9.17) is 5.11 Å². The molecule has 23 heavy (non-hydrogen) atoms. The lowest BCUT2D eigenvalue weighted by molar-refractivity contribution is -0.118. The van der Waals surface area contributed by atoms with Crippen molar-refractivity contribution in [2.75, 3.05) is 6.61 Å². The first-order valence-electron chi connectivity index (χ1n) is 8.07. The van der Waals surface area contributed by atoms with Crippen molar-refractivity contribution in [2.45, 2.75) is 59.8 Å². The molecule has 0 aliphatic rings. The fourth-order valence-corrected chi connectivity index (χ4v) is 2.08. The maximum atomic E-state index is 12.0. The average molecular weight is 318 g/mol. The van der Waals surface area contributed by atoms with Gasteiger partial charge in [-0.05, 0) is 58.6 Å². The number of allylic oxidation sites excluding steroid dienone is 6. The minimum atomic E-state index is -0.0678. The summed E-state index contributed by atoms with van der Waals surface area (Å²) in [6.07, 6.45) is 8.49. The molecule has 0 amide bonds. The standard InChI is InChI=1S/C20H30O3/c1-15(2)13-19(22)14-18(5)20(23)10-9-16(3)7-6-8-17(4)11-12-21/h7,11,13,21H,5-6,8-10,12,14H2,1-4H3/b16-7+,17-11+. The number of aliphatic hydroxyl groups excluding tert-OH is 1. The number of Topliss-reactive ketones (excluding diaryl/α,β-unsaturated/α-hetero) is 1. The van der Waals surface area contributed by atoms with Gasteiger partial charge in [-0.3, -0.25) is 9.59 Å². The highest BCUT2D eigenvalue weighted by molar-refractivity contribution is 6.03. The Hall–Kier alpha value is -1.74. The molecule has 0 atom stereocenters. The van der Waals surface area contributed by atoms with Gasteiger partial charge >= 0.3 is 0 Å². The number of hydrogen-bond donors (Lipinski definition) is 1. The minimum absolute atomic E-state index is 0.0374. The van der Waals surface area contributed by atoms with Crippen LogP contribution in [-0.2, 0) is 9.59 Å². The topological polar surface area (TPSA) is 54.4 Å². The Labute approximate surface area is 140 Å². The summed E-state index contributed by atoms with van der Waals surface area (Å²) >= 11 is 0. The van der Waals surface area contributed by atoms with Gasteiger partial charge in [-0.15, -0.1) is 0 Å². The third-order valence-electron chi connectivity index (χ3n) is 3.45. The van der Waals surface area contributed by atoms with E-state index in [1.54, 1.807) is 12.2 Å². The Bertz CT molecular complexity index is 515. The Balaban J connectivity index is 4.21. The predicted molar refractivity (Wildman–Crippen MR) is 96.3 cm³/mol. The summed E-state index contributed by atoms with van der Waals surface area (Å²) in [5.74, 6) is -0.105. The van der Waals surface area contributed by atoms with E-state index in [0.29, 0.717) is 18.4 Å². The Kier molecular flexibility index (Phi) is 10.9. The van der Waals surface area contributed by atoms with Crippen molar-refractivity contribution in [2.24, 2.45) is 0 Å². The molecule has 1 N–H and O–H groups in total. The number of hydrogen-bond acceptors (Lipinski definition) is 3. The van der Waals surface area contributed by atoms with E-state index in [-0.39, 0.29) is 24.6 Å². The van der Waals surface area contributed by atoms with E-state index in [1.807, 2.05) is 27.7 Å². The number of carbonyl (C=O) groups is 2. The van der Waals surface area contributed by atoms with Gasteiger partial charge in [0.15, 0.2) is 11.6 Å². The lowest BCUT2D eigenvalue weighted by Crippen LogP contribution is -2.06. The van der Waals surface area contributed by atoms with Crippen molar-refractivity contribution in [3.05, 3.63) is 47.1 Å². The van der Waals surface area contributed by atoms with Crippen molar-refractivity contribution >= 4 is 11.6 Å². The van der Waals surface area contributed by atoms with Gasteiger partial charge in [0.25, 0.3) is 0 Å². The van der Waals surface area contributed by atoms with Crippen LogP contribution in [0, 0.1) is 0 Å². The number of ketones is 2. The largest absolute Gasteiger partial charge is 0.392 e. The molecular weight excluding hydrogens is 288 g/mol. The third-order valence-corrected chi connectivity index (χ3v) is 3.45. The number of rotatable bonds is 11. The quantitative estimate of drug-likeness (QED) is 0.451. The number of carbonyl (C=O) groups excluding carboxylic acids is 2. The highest BCUT2D eigenvalue weighted by atomic mass is 16.2. The maximum Gasteiger partial charge on any atom is 0.160 e. The van der Waals surface area contributed by atoms with Crippen molar-refractivity contribution in [3.8, 4) is 0 Å². The predicted octanol–water partition coefficient (Wildman–Crippen LogP) is 4.48. The second-order valence-corrected chi connectivity index (χ2v) is 6.21. The van der Waals surface area contributed by atoms with E-state index in [2.05, 4.69) is 12.7 Å². The second kappa shape index (κ2) is 11.8. The molecule has 0 bridgehead atoms. The molecule has 0 aromatic heterocycles. The van der Waals surface area contributed by atoms with Crippen LogP contribution in [0.4, 0.5) is 0 Å². The highest BCUT2D eigenvalue weighted by Crippen LogP contribution is 2.13. The van der Waals surface area contributed by atoms with E-state index in [9.17, 15) is 9.59 Å². The van der Waals surface area contributed by atoms with Crippen LogP contribution in [0.15, 0.2) is 47.1 Å². The molecule has 0 aromatic carbocycles. The van der Waals surface area contributed by atoms with Crippen LogP contribution in [0.5, 0.6) is 0 Å². The summed E-state index contributed by atoms with van der Waals surface area (Å²) in [6.45, 7) is 11.5. The monoisotopic (exact) mass is 318 g/mol. The summed E-state index contributed by atoms with van der Waals surface area (Å²) in [5, 5.41) is 8.79. The fraction of sp³-hybridized carbons (Fsp3) is 0.500. The normalized spacial score (nSPS) is 12.0. The highest BCUT2D eigenvalue weighted by Gasteiger charge is 2.10. The van der Waals surface area contributed by atoms with E-state index in [0.717, 1.165) is 18.4 Å². The van der Waals surface area contributed by atoms with Gasteiger partial charge in [0, 0.05) is 12.8 Å². The van der Waals surface area contributed by atoms with Crippen molar-refractivity contribution in [3.63, 3.8) is 0 Å². The van der Waals surface area contributed by atoms with Crippen molar-refractivity contribution in [1.29, 1.82) is 0 Å². The molecule has 0 aliphatic heterocycles. The zero-order valence-electron chi connectivity index (χ0n) is 14.9. The maximum absolute atomic E-state index is 12.0. The van der Waals surface area contributed by atoms with Crippen LogP contribution in [0.1, 0.15) is 59.8 Å². The lowest BCUT2D eigenvalue weighted by Gasteiger charge is -2.04. The number of aliphatic hydroxyl groups is 1. The van der Waals surface area contributed by atoms with Gasteiger partial charge in [-0.25, -0.2) is 0 Å². The molecule has 0 aromatic rings. The first-order valence-corrected chi connectivity index (χ1v) is 8.07.